The quantitative estimate of drug-likeness (QED) is 0.619. The first kappa shape index (κ1) is 18.7. The smallest absolute Gasteiger partial charge is 0.133 e. The van der Waals surface area contributed by atoms with Crippen molar-refractivity contribution in [1.82, 2.24) is 4.90 Å². The van der Waals surface area contributed by atoms with Crippen molar-refractivity contribution >= 4 is 0 Å². The lowest BCUT2D eigenvalue weighted by molar-refractivity contribution is 0.0374. The molecule has 2 atom stereocenters. The Kier molecular flexibility index (Phi) is 7.98. The van der Waals surface area contributed by atoms with Gasteiger partial charge < -0.3 is 19.4 Å². The summed E-state index contributed by atoms with van der Waals surface area (Å²) in [7, 11) is 0. The van der Waals surface area contributed by atoms with Crippen LogP contribution in [0.15, 0.2) is 53.1 Å². The summed E-state index contributed by atoms with van der Waals surface area (Å²) < 4.78 is 10.6. The third-order valence-electron chi connectivity index (χ3n) is 3.82. The Morgan fingerprint density at radius 3 is 2.54 bits per heavy atom. The standard InChI is InChI=1S/C19H27NO4/c1-2-23-12-10-17(21)14-20(13-16-7-4-3-5-8-16)15-18(22)19-9-6-11-24-19/h3-9,11,17-18,21-22H,2,10,12-15H2,1H3/t17-,18-/m0/s1. The van der Waals surface area contributed by atoms with Crippen LogP contribution in [-0.2, 0) is 11.3 Å². The van der Waals surface area contributed by atoms with E-state index >= 15 is 0 Å². The summed E-state index contributed by atoms with van der Waals surface area (Å²) in [5, 5.41) is 20.6. The number of hydrogen-bond acceptors (Lipinski definition) is 5. The zero-order chi connectivity index (χ0) is 17.2. The van der Waals surface area contributed by atoms with Gasteiger partial charge in [0.1, 0.15) is 11.9 Å². The molecule has 5 heteroatoms. The monoisotopic (exact) mass is 333 g/mol. The maximum atomic E-state index is 10.3. The van der Waals surface area contributed by atoms with E-state index in [2.05, 4.69) is 0 Å². The van der Waals surface area contributed by atoms with Crippen molar-refractivity contribution in [3.05, 3.63) is 60.1 Å². The van der Waals surface area contributed by atoms with Crippen LogP contribution in [0, 0.1) is 0 Å². The molecule has 1 aromatic heterocycles. The van der Waals surface area contributed by atoms with Gasteiger partial charge in [0.2, 0.25) is 0 Å². The molecule has 0 bridgehead atoms. The van der Waals surface area contributed by atoms with Gasteiger partial charge in [-0.05, 0) is 31.0 Å². The summed E-state index contributed by atoms with van der Waals surface area (Å²) in [6.45, 7) is 4.65. The van der Waals surface area contributed by atoms with Crippen LogP contribution in [-0.4, -0.2) is 47.5 Å². The van der Waals surface area contributed by atoms with Gasteiger partial charge in [0.15, 0.2) is 0 Å². The van der Waals surface area contributed by atoms with Crippen molar-refractivity contribution in [2.45, 2.75) is 32.1 Å². The van der Waals surface area contributed by atoms with E-state index in [0.29, 0.717) is 45.0 Å². The third-order valence-corrected chi connectivity index (χ3v) is 3.82. The first-order valence-electron chi connectivity index (χ1n) is 8.42. The highest BCUT2D eigenvalue weighted by Crippen LogP contribution is 2.17. The molecular weight excluding hydrogens is 306 g/mol. The van der Waals surface area contributed by atoms with Crippen LogP contribution in [0.4, 0.5) is 0 Å². The summed E-state index contributed by atoms with van der Waals surface area (Å²) >= 11 is 0. The Labute approximate surface area is 143 Å². The van der Waals surface area contributed by atoms with Crippen molar-refractivity contribution in [2.75, 3.05) is 26.3 Å². The number of nitrogens with zero attached hydrogens (tertiary/aromatic N) is 1. The van der Waals surface area contributed by atoms with E-state index in [0.717, 1.165) is 5.56 Å². The number of ether oxygens (including phenoxy) is 1. The van der Waals surface area contributed by atoms with Crippen LogP contribution in [0.3, 0.4) is 0 Å². The Morgan fingerprint density at radius 2 is 1.88 bits per heavy atom. The molecule has 0 saturated heterocycles. The topological polar surface area (TPSA) is 66.1 Å². The minimum atomic E-state index is -0.720. The SMILES string of the molecule is CCOCC[C@H](O)CN(Cc1ccccc1)C[C@H](O)c1ccco1. The van der Waals surface area contributed by atoms with Gasteiger partial charge in [-0.15, -0.1) is 0 Å². The van der Waals surface area contributed by atoms with Crippen LogP contribution in [0.25, 0.3) is 0 Å². The molecule has 0 fully saturated rings. The normalized spacial score (nSPS) is 14.0. The van der Waals surface area contributed by atoms with Crippen molar-refractivity contribution in [2.24, 2.45) is 0 Å². The second kappa shape index (κ2) is 10.3. The average molecular weight is 333 g/mol. The number of benzene rings is 1. The number of rotatable bonds is 11. The molecule has 2 rings (SSSR count). The van der Waals surface area contributed by atoms with E-state index in [4.69, 9.17) is 9.15 Å². The Balaban J connectivity index is 1.95. The molecule has 5 nitrogen and oxygen atoms in total. The highest BCUT2D eigenvalue weighted by molar-refractivity contribution is 5.14. The Morgan fingerprint density at radius 1 is 1.08 bits per heavy atom. The Bertz CT molecular complexity index is 544. The number of furan rings is 1. The zero-order valence-electron chi connectivity index (χ0n) is 14.2. The third kappa shape index (κ3) is 6.45. The molecule has 24 heavy (non-hydrogen) atoms. The maximum absolute atomic E-state index is 10.3. The lowest BCUT2D eigenvalue weighted by Crippen LogP contribution is -2.35. The highest BCUT2D eigenvalue weighted by atomic mass is 16.5. The molecule has 0 amide bonds. The molecule has 1 aromatic carbocycles. The largest absolute Gasteiger partial charge is 0.467 e. The van der Waals surface area contributed by atoms with E-state index in [-0.39, 0.29) is 0 Å². The fourth-order valence-corrected chi connectivity index (χ4v) is 2.61. The van der Waals surface area contributed by atoms with Gasteiger partial charge in [-0.1, -0.05) is 30.3 Å². The molecular formula is C19H27NO4. The minimum absolute atomic E-state index is 0.397. The van der Waals surface area contributed by atoms with Gasteiger partial charge in [0.25, 0.3) is 0 Å². The minimum Gasteiger partial charge on any atom is -0.467 e. The molecule has 0 spiro atoms. The molecule has 0 saturated carbocycles. The van der Waals surface area contributed by atoms with E-state index in [1.54, 1.807) is 18.4 Å². The second-order valence-corrected chi connectivity index (χ2v) is 5.85. The van der Waals surface area contributed by atoms with E-state index in [1.807, 2.05) is 42.2 Å². The van der Waals surface area contributed by atoms with E-state index in [1.165, 1.54) is 0 Å². The number of aliphatic hydroxyl groups excluding tert-OH is 2. The number of aliphatic hydroxyl groups is 2. The summed E-state index contributed by atoms with van der Waals surface area (Å²) in [4.78, 5) is 2.04. The van der Waals surface area contributed by atoms with Crippen LogP contribution in [0.2, 0.25) is 0 Å². The molecule has 132 valence electrons. The van der Waals surface area contributed by atoms with Gasteiger partial charge in [-0.2, -0.15) is 0 Å². The Hall–Kier alpha value is -1.66. The molecule has 0 aliphatic rings. The van der Waals surface area contributed by atoms with E-state index < -0.39 is 12.2 Å². The molecule has 2 aromatic rings. The summed E-state index contributed by atoms with van der Waals surface area (Å²) in [6, 6.07) is 13.6. The molecule has 0 unspecified atom stereocenters. The van der Waals surface area contributed by atoms with Crippen molar-refractivity contribution in [3.63, 3.8) is 0 Å². The second-order valence-electron chi connectivity index (χ2n) is 5.85. The summed E-state index contributed by atoms with van der Waals surface area (Å²) in [5.41, 5.74) is 1.14. The van der Waals surface area contributed by atoms with Gasteiger partial charge in [-0.3, -0.25) is 4.90 Å². The first-order valence-corrected chi connectivity index (χ1v) is 8.42. The molecule has 0 aliphatic carbocycles. The van der Waals surface area contributed by atoms with Crippen molar-refractivity contribution in [3.8, 4) is 0 Å². The van der Waals surface area contributed by atoms with E-state index in [9.17, 15) is 10.2 Å². The average Bonchev–Trinajstić information content (AvgIpc) is 3.10. The summed E-state index contributed by atoms with van der Waals surface area (Å²) in [5.74, 6) is 0.539. The fraction of sp³-hybridized carbons (Fsp3) is 0.474. The lowest BCUT2D eigenvalue weighted by atomic mass is 10.1. The predicted molar refractivity (Wildman–Crippen MR) is 92.5 cm³/mol. The van der Waals surface area contributed by atoms with Gasteiger partial charge in [0, 0.05) is 32.8 Å². The van der Waals surface area contributed by atoms with Crippen LogP contribution in [0.5, 0.6) is 0 Å². The highest BCUT2D eigenvalue weighted by Gasteiger charge is 2.19. The van der Waals surface area contributed by atoms with Crippen LogP contribution < -0.4 is 0 Å². The van der Waals surface area contributed by atoms with Crippen LogP contribution in [0.1, 0.15) is 30.8 Å². The van der Waals surface area contributed by atoms with Crippen molar-refractivity contribution < 1.29 is 19.4 Å². The molecule has 1 heterocycles. The van der Waals surface area contributed by atoms with Gasteiger partial charge >= 0.3 is 0 Å². The fourth-order valence-electron chi connectivity index (χ4n) is 2.61. The summed E-state index contributed by atoms with van der Waals surface area (Å²) in [6.07, 6.45) is 0.916. The maximum Gasteiger partial charge on any atom is 0.133 e. The lowest BCUT2D eigenvalue weighted by Gasteiger charge is -2.27. The van der Waals surface area contributed by atoms with Gasteiger partial charge in [0.05, 0.1) is 12.4 Å². The molecule has 0 aliphatic heterocycles. The van der Waals surface area contributed by atoms with Crippen molar-refractivity contribution in [1.29, 1.82) is 0 Å². The number of hydrogen-bond donors (Lipinski definition) is 2. The first-order chi connectivity index (χ1) is 11.7. The predicted octanol–water partition coefficient (Wildman–Crippen LogP) is 2.60. The van der Waals surface area contributed by atoms with Crippen LogP contribution >= 0.6 is 0 Å². The molecule has 0 radical (unpaired) electrons. The van der Waals surface area contributed by atoms with Gasteiger partial charge in [-0.25, -0.2) is 0 Å². The molecule has 2 N–H and O–H groups in total. The zero-order valence-corrected chi connectivity index (χ0v) is 14.2.